The molecule has 0 saturated heterocycles. The summed E-state index contributed by atoms with van der Waals surface area (Å²) in [5.41, 5.74) is 1.49. The molecule has 2 heteroatoms. The van der Waals surface area contributed by atoms with E-state index in [1.807, 2.05) is 0 Å². The van der Waals surface area contributed by atoms with Crippen molar-refractivity contribution in [3.8, 4) is 0 Å². The number of aliphatic hydroxyl groups is 1. The summed E-state index contributed by atoms with van der Waals surface area (Å²) in [6.07, 6.45) is 4.97. The van der Waals surface area contributed by atoms with Gasteiger partial charge in [0.2, 0.25) is 0 Å². The van der Waals surface area contributed by atoms with E-state index in [0.29, 0.717) is 12.0 Å². The first-order chi connectivity index (χ1) is 9.20. The van der Waals surface area contributed by atoms with Gasteiger partial charge in [-0.15, -0.1) is 0 Å². The molecule has 1 aliphatic carbocycles. The molecule has 0 radical (unpaired) electrons. The fraction of sp³-hybridized carbons (Fsp3) is 0.647. The molecule has 0 bridgehead atoms. The molecule has 2 rings (SSSR count). The van der Waals surface area contributed by atoms with Gasteiger partial charge < -0.3 is 10.4 Å². The van der Waals surface area contributed by atoms with Gasteiger partial charge in [-0.3, -0.25) is 0 Å². The van der Waals surface area contributed by atoms with Crippen molar-refractivity contribution in [3.05, 3.63) is 35.9 Å². The third kappa shape index (κ3) is 4.05. The average Bonchev–Trinajstić information content (AvgIpc) is 2.46. The molecular weight excluding hydrogens is 234 g/mol. The minimum atomic E-state index is 0.246. The first kappa shape index (κ1) is 14.5. The summed E-state index contributed by atoms with van der Waals surface area (Å²) in [5, 5.41) is 13.0. The largest absolute Gasteiger partial charge is 0.395 e. The maximum Gasteiger partial charge on any atom is 0.0587 e. The molecule has 0 aliphatic heterocycles. The molecule has 1 aromatic rings. The van der Waals surface area contributed by atoms with E-state index in [2.05, 4.69) is 49.5 Å². The quantitative estimate of drug-likeness (QED) is 0.852. The van der Waals surface area contributed by atoms with Gasteiger partial charge in [0, 0.05) is 12.1 Å². The molecule has 0 aromatic heterocycles. The van der Waals surface area contributed by atoms with E-state index in [4.69, 9.17) is 0 Å². The van der Waals surface area contributed by atoms with E-state index < -0.39 is 0 Å². The van der Waals surface area contributed by atoms with Crippen LogP contribution in [0, 0.1) is 5.92 Å². The van der Waals surface area contributed by atoms with Gasteiger partial charge in [0.1, 0.15) is 0 Å². The van der Waals surface area contributed by atoms with Crippen LogP contribution in [0.2, 0.25) is 0 Å². The lowest BCUT2D eigenvalue weighted by atomic mass is 9.81. The fourth-order valence-corrected chi connectivity index (χ4v) is 3.08. The Morgan fingerprint density at radius 2 is 1.74 bits per heavy atom. The molecule has 2 nitrogen and oxygen atoms in total. The molecule has 0 heterocycles. The average molecular weight is 261 g/mol. The highest BCUT2D eigenvalue weighted by molar-refractivity contribution is 5.20. The van der Waals surface area contributed by atoms with Gasteiger partial charge in [-0.05, 0) is 43.1 Å². The van der Waals surface area contributed by atoms with Crippen LogP contribution in [0.25, 0.3) is 0 Å². The molecule has 1 aliphatic rings. The SMILES string of the molecule is CC(C)C(CO)NC1CCC(c2ccccc2)CC1. The van der Waals surface area contributed by atoms with Crippen molar-refractivity contribution < 1.29 is 5.11 Å². The monoisotopic (exact) mass is 261 g/mol. The third-order valence-electron chi connectivity index (χ3n) is 4.45. The summed E-state index contributed by atoms with van der Waals surface area (Å²) in [4.78, 5) is 0. The molecule has 1 saturated carbocycles. The van der Waals surface area contributed by atoms with Crippen molar-refractivity contribution >= 4 is 0 Å². The Morgan fingerprint density at radius 1 is 1.11 bits per heavy atom. The molecule has 2 N–H and O–H groups in total. The second kappa shape index (κ2) is 7.06. The van der Waals surface area contributed by atoms with Gasteiger partial charge >= 0.3 is 0 Å². The zero-order chi connectivity index (χ0) is 13.7. The summed E-state index contributed by atoms with van der Waals surface area (Å²) in [6.45, 7) is 4.59. The van der Waals surface area contributed by atoms with Gasteiger partial charge in [-0.25, -0.2) is 0 Å². The predicted octanol–water partition coefficient (Wildman–Crippen LogP) is 3.32. The molecule has 1 fully saturated rings. The van der Waals surface area contributed by atoms with Crippen molar-refractivity contribution in [2.45, 2.75) is 57.5 Å². The molecule has 1 atom stereocenters. The second-order valence-electron chi connectivity index (χ2n) is 6.16. The highest BCUT2D eigenvalue weighted by Gasteiger charge is 2.24. The van der Waals surface area contributed by atoms with Crippen LogP contribution < -0.4 is 5.32 Å². The van der Waals surface area contributed by atoms with Crippen molar-refractivity contribution in [2.24, 2.45) is 5.92 Å². The van der Waals surface area contributed by atoms with E-state index in [1.165, 1.54) is 31.2 Å². The lowest BCUT2D eigenvalue weighted by Crippen LogP contribution is -2.45. The first-order valence-electron chi connectivity index (χ1n) is 7.62. The Morgan fingerprint density at radius 3 is 2.26 bits per heavy atom. The number of nitrogens with one attached hydrogen (secondary N) is 1. The normalized spacial score (nSPS) is 25.5. The van der Waals surface area contributed by atoms with Crippen LogP contribution >= 0.6 is 0 Å². The number of rotatable bonds is 5. The van der Waals surface area contributed by atoms with Gasteiger partial charge in [-0.1, -0.05) is 44.2 Å². The minimum Gasteiger partial charge on any atom is -0.395 e. The minimum absolute atomic E-state index is 0.246. The molecule has 0 amide bonds. The highest BCUT2D eigenvalue weighted by Crippen LogP contribution is 2.32. The van der Waals surface area contributed by atoms with Crippen LogP contribution in [0.15, 0.2) is 30.3 Å². The van der Waals surface area contributed by atoms with Gasteiger partial charge in [0.25, 0.3) is 0 Å². The maximum absolute atomic E-state index is 9.39. The first-order valence-corrected chi connectivity index (χ1v) is 7.62. The second-order valence-corrected chi connectivity index (χ2v) is 6.16. The van der Waals surface area contributed by atoms with E-state index in [0.717, 1.165) is 5.92 Å². The van der Waals surface area contributed by atoms with Gasteiger partial charge in [0.15, 0.2) is 0 Å². The van der Waals surface area contributed by atoms with Crippen LogP contribution in [0.4, 0.5) is 0 Å². The van der Waals surface area contributed by atoms with Crippen LogP contribution in [0.5, 0.6) is 0 Å². The maximum atomic E-state index is 9.39. The number of hydrogen-bond donors (Lipinski definition) is 2. The highest BCUT2D eigenvalue weighted by atomic mass is 16.3. The zero-order valence-electron chi connectivity index (χ0n) is 12.2. The number of benzene rings is 1. The standard InChI is InChI=1S/C17H27NO/c1-13(2)17(12-19)18-16-10-8-15(9-11-16)14-6-4-3-5-7-14/h3-7,13,15-19H,8-12H2,1-2H3. The molecule has 1 unspecified atom stereocenters. The smallest absolute Gasteiger partial charge is 0.0587 e. The van der Waals surface area contributed by atoms with E-state index in [9.17, 15) is 5.11 Å². The Bertz CT molecular complexity index is 355. The summed E-state index contributed by atoms with van der Waals surface area (Å²) >= 11 is 0. The summed E-state index contributed by atoms with van der Waals surface area (Å²) in [5.74, 6) is 1.22. The topological polar surface area (TPSA) is 32.3 Å². The molecule has 1 aromatic carbocycles. The zero-order valence-corrected chi connectivity index (χ0v) is 12.2. The predicted molar refractivity (Wildman–Crippen MR) is 80.3 cm³/mol. The van der Waals surface area contributed by atoms with Crippen LogP contribution in [-0.2, 0) is 0 Å². The van der Waals surface area contributed by atoms with Crippen molar-refractivity contribution in [3.63, 3.8) is 0 Å². The van der Waals surface area contributed by atoms with E-state index >= 15 is 0 Å². The third-order valence-corrected chi connectivity index (χ3v) is 4.45. The van der Waals surface area contributed by atoms with Crippen LogP contribution in [0.3, 0.4) is 0 Å². The van der Waals surface area contributed by atoms with E-state index in [1.54, 1.807) is 0 Å². The summed E-state index contributed by atoms with van der Waals surface area (Å²) in [7, 11) is 0. The van der Waals surface area contributed by atoms with Crippen molar-refractivity contribution in [2.75, 3.05) is 6.61 Å². The molecular formula is C17H27NO. The lowest BCUT2D eigenvalue weighted by Gasteiger charge is -2.33. The fourth-order valence-electron chi connectivity index (χ4n) is 3.08. The van der Waals surface area contributed by atoms with Crippen molar-refractivity contribution in [1.82, 2.24) is 5.32 Å². The van der Waals surface area contributed by atoms with Gasteiger partial charge in [-0.2, -0.15) is 0 Å². The Balaban J connectivity index is 1.82. The molecule has 19 heavy (non-hydrogen) atoms. The van der Waals surface area contributed by atoms with Crippen LogP contribution in [0.1, 0.15) is 51.0 Å². The number of aliphatic hydroxyl groups excluding tert-OH is 1. The van der Waals surface area contributed by atoms with Crippen molar-refractivity contribution in [1.29, 1.82) is 0 Å². The Kier molecular flexibility index (Phi) is 5.41. The van der Waals surface area contributed by atoms with E-state index in [-0.39, 0.29) is 12.6 Å². The summed E-state index contributed by atoms with van der Waals surface area (Å²) < 4.78 is 0. The molecule has 106 valence electrons. The van der Waals surface area contributed by atoms with Crippen LogP contribution in [-0.4, -0.2) is 23.8 Å². The molecule has 0 spiro atoms. The summed E-state index contributed by atoms with van der Waals surface area (Å²) in [6, 6.07) is 11.7. The Hall–Kier alpha value is -0.860. The lowest BCUT2D eigenvalue weighted by molar-refractivity contribution is 0.185. The Labute approximate surface area is 117 Å². The van der Waals surface area contributed by atoms with Gasteiger partial charge in [0.05, 0.1) is 6.61 Å². The number of hydrogen-bond acceptors (Lipinski definition) is 2.